The quantitative estimate of drug-likeness (QED) is 0.814. The minimum Gasteiger partial charge on any atom is -0.389 e. The number of hydrogen-bond donors (Lipinski definition) is 1. The summed E-state index contributed by atoms with van der Waals surface area (Å²) in [5, 5.41) is 9.86. The average molecular weight is 295 g/mol. The van der Waals surface area contributed by atoms with Crippen LogP contribution in [0.5, 0.6) is 0 Å². The van der Waals surface area contributed by atoms with Crippen LogP contribution >= 0.6 is 15.9 Å². The molecule has 0 radical (unpaired) electrons. The highest BCUT2D eigenvalue weighted by Gasteiger charge is 2.27. The van der Waals surface area contributed by atoms with Crippen LogP contribution < -0.4 is 0 Å². The minimum atomic E-state index is -0.277. The number of benzene rings is 1. The second kappa shape index (κ2) is 4.95. The van der Waals surface area contributed by atoms with Gasteiger partial charge in [-0.1, -0.05) is 53.6 Å². The van der Waals surface area contributed by atoms with Crippen molar-refractivity contribution in [1.29, 1.82) is 0 Å². The van der Waals surface area contributed by atoms with Gasteiger partial charge >= 0.3 is 0 Å². The molecular weight excluding hydrogens is 276 g/mol. The van der Waals surface area contributed by atoms with Crippen molar-refractivity contribution in [3.05, 3.63) is 46.0 Å². The van der Waals surface area contributed by atoms with E-state index in [1.54, 1.807) is 0 Å². The zero-order valence-electron chi connectivity index (χ0n) is 10.4. The first-order chi connectivity index (χ1) is 7.94. The van der Waals surface area contributed by atoms with Gasteiger partial charge in [-0.2, -0.15) is 0 Å². The molecular formula is C15H19BrO. The molecule has 2 heteroatoms. The highest BCUT2D eigenvalue weighted by Crippen LogP contribution is 2.36. The Kier molecular flexibility index (Phi) is 3.74. The highest BCUT2D eigenvalue weighted by atomic mass is 79.9. The predicted molar refractivity (Wildman–Crippen MR) is 75.0 cm³/mol. The molecule has 0 fully saturated rings. The molecule has 0 heterocycles. The van der Waals surface area contributed by atoms with Crippen LogP contribution in [0.3, 0.4) is 0 Å². The van der Waals surface area contributed by atoms with E-state index >= 15 is 0 Å². The van der Waals surface area contributed by atoms with Crippen molar-refractivity contribution < 1.29 is 5.11 Å². The Balaban J connectivity index is 2.14. The molecule has 92 valence electrons. The van der Waals surface area contributed by atoms with Crippen LogP contribution in [0.1, 0.15) is 32.3 Å². The lowest BCUT2D eigenvalue weighted by Gasteiger charge is -2.32. The zero-order chi connectivity index (χ0) is 12.5. The normalized spacial score (nSPS) is 23.3. The van der Waals surface area contributed by atoms with E-state index in [1.807, 2.05) is 12.1 Å². The summed E-state index contributed by atoms with van der Waals surface area (Å²) in [6.45, 7) is 4.45. The Hall–Kier alpha value is -0.600. The smallest absolute Gasteiger partial charge is 0.0728 e. The van der Waals surface area contributed by atoms with Gasteiger partial charge in [0.25, 0.3) is 0 Å². The summed E-state index contributed by atoms with van der Waals surface area (Å²) in [5.74, 6) is 0. The summed E-state index contributed by atoms with van der Waals surface area (Å²) in [7, 11) is 0. The monoisotopic (exact) mass is 294 g/mol. The fraction of sp³-hybridized carbons (Fsp3) is 0.467. The lowest BCUT2D eigenvalue weighted by molar-refractivity contribution is 0.138. The number of rotatable bonds is 2. The number of allylic oxidation sites excluding steroid dienone is 1. The van der Waals surface area contributed by atoms with Crippen LogP contribution in [-0.2, 0) is 6.42 Å². The van der Waals surface area contributed by atoms with E-state index in [1.165, 1.54) is 11.1 Å². The van der Waals surface area contributed by atoms with E-state index in [0.717, 1.165) is 23.7 Å². The van der Waals surface area contributed by atoms with Crippen molar-refractivity contribution in [2.75, 3.05) is 0 Å². The molecule has 17 heavy (non-hydrogen) atoms. The average Bonchev–Trinajstić information content (AvgIpc) is 2.13. The molecule has 0 saturated heterocycles. The third-order valence-corrected chi connectivity index (χ3v) is 3.71. The van der Waals surface area contributed by atoms with Crippen LogP contribution in [0.2, 0.25) is 0 Å². The molecule has 1 atom stereocenters. The number of halogens is 1. The van der Waals surface area contributed by atoms with Gasteiger partial charge in [-0.15, -0.1) is 0 Å². The molecule has 0 amide bonds. The van der Waals surface area contributed by atoms with Gasteiger partial charge in [0.05, 0.1) is 6.10 Å². The molecule has 0 spiro atoms. The highest BCUT2D eigenvalue weighted by molar-refractivity contribution is 9.10. The Morgan fingerprint density at radius 1 is 1.41 bits per heavy atom. The first-order valence-electron chi connectivity index (χ1n) is 6.07. The third-order valence-electron chi connectivity index (χ3n) is 3.22. The van der Waals surface area contributed by atoms with Gasteiger partial charge in [0, 0.05) is 4.47 Å². The lowest BCUT2D eigenvalue weighted by atomic mass is 9.75. The van der Waals surface area contributed by atoms with E-state index in [4.69, 9.17) is 0 Å². The summed E-state index contributed by atoms with van der Waals surface area (Å²) < 4.78 is 1.12. The molecule has 1 aromatic rings. The van der Waals surface area contributed by atoms with Crippen LogP contribution in [0.25, 0.3) is 0 Å². The summed E-state index contributed by atoms with van der Waals surface area (Å²) in [5.41, 5.74) is 2.87. The first-order valence-corrected chi connectivity index (χ1v) is 6.86. The van der Waals surface area contributed by atoms with Crippen LogP contribution in [0.4, 0.5) is 0 Å². The van der Waals surface area contributed by atoms with Gasteiger partial charge in [0.15, 0.2) is 0 Å². The van der Waals surface area contributed by atoms with Crippen molar-refractivity contribution in [2.45, 2.75) is 39.2 Å². The van der Waals surface area contributed by atoms with Crippen LogP contribution in [0.15, 0.2) is 40.4 Å². The molecule has 1 aromatic carbocycles. The number of hydrogen-bond acceptors (Lipinski definition) is 1. The Labute approximate surface area is 112 Å². The van der Waals surface area contributed by atoms with E-state index in [0.29, 0.717) is 0 Å². The maximum atomic E-state index is 9.86. The SMILES string of the molecule is CC1(C)CC(Cc2cccc(Br)c2)=CC(O)C1. The fourth-order valence-corrected chi connectivity index (χ4v) is 3.12. The maximum absolute atomic E-state index is 9.86. The van der Waals surface area contributed by atoms with E-state index in [9.17, 15) is 5.11 Å². The van der Waals surface area contributed by atoms with Gasteiger partial charge in [-0.05, 0) is 42.4 Å². The summed E-state index contributed by atoms with van der Waals surface area (Å²) in [4.78, 5) is 0. The standard InChI is InChI=1S/C15H19BrO/c1-15(2)9-12(8-14(17)10-15)6-11-4-3-5-13(16)7-11/h3-5,7-8,14,17H,6,9-10H2,1-2H3. The van der Waals surface area contributed by atoms with Crippen molar-refractivity contribution in [3.8, 4) is 0 Å². The molecule has 1 unspecified atom stereocenters. The molecule has 2 rings (SSSR count). The van der Waals surface area contributed by atoms with Crippen LogP contribution in [-0.4, -0.2) is 11.2 Å². The molecule has 0 bridgehead atoms. The molecule has 1 aliphatic rings. The Bertz CT molecular complexity index is 434. The summed E-state index contributed by atoms with van der Waals surface area (Å²) in [6.07, 6.45) is 4.65. The molecule has 0 saturated carbocycles. The van der Waals surface area contributed by atoms with Crippen LogP contribution in [0, 0.1) is 5.41 Å². The maximum Gasteiger partial charge on any atom is 0.0728 e. The largest absolute Gasteiger partial charge is 0.389 e. The minimum absolute atomic E-state index is 0.218. The lowest BCUT2D eigenvalue weighted by Crippen LogP contribution is -2.25. The Morgan fingerprint density at radius 2 is 2.18 bits per heavy atom. The molecule has 1 aliphatic carbocycles. The van der Waals surface area contributed by atoms with E-state index in [2.05, 4.69) is 48.0 Å². The van der Waals surface area contributed by atoms with E-state index in [-0.39, 0.29) is 11.5 Å². The second-order valence-electron chi connectivity index (χ2n) is 5.74. The molecule has 0 aliphatic heterocycles. The number of aliphatic hydroxyl groups is 1. The molecule has 1 N–H and O–H groups in total. The summed E-state index contributed by atoms with van der Waals surface area (Å²) in [6, 6.07) is 8.39. The topological polar surface area (TPSA) is 20.2 Å². The van der Waals surface area contributed by atoms with Crippen molar-refractivity contribution in [3.63, 3.8) is 0 Å². The molecule has 0 aromatic heterocycles. The third kappa shape index (κ3) is 3.68. The van der Waals surface area contributed by atoms with Gasteiger partial charge < -0.3 is 5.11 Å². The van der Waals surface area contributed by atoms with Gasteiger partial charge in [0.1, 0.15) is 0 Å². The van der Waals surface area contributed by atoms with Gasteiger partial charge in [0.2, 0.25) is 0 Å². The molecule has 1 nitrogen and oxygen atoms in total. The van der Waals surface area contributed by atoms with Crippen molar-refractivity contribution in [1.82, 2.24) is 0 Å². The first kappa shape index (κ1) is 12.8. The number of aliphatic hydroxyl groups excluding tert-OH is 1. The van der Waals surface area contributed by atoms with Crippen molar-refractivity contribution >= 4 is 15.9 Å². The zero-order valence-corrected chi connectivity index (χ0v) is 12.0. The second-order valence-corrected chi connectivity index (χ2v) is 6.66. The van der Waals surface area contributed by atoms with Gasteiger partial charge in [-0.3, -0.25) is 0 Å². The summed E-state index contributed by atoms with van der Waals surface area (Å²) >= 11 is 3.49. The van der Waals surface area contributed by atoms with Crippen molar-refractivity contribution in [2.24, 2.45) is 5.41 Å². The predicted octanol–water partition coefficient (Wildman–Crippen LogP) is 4.10. The van der Waals surface area contributed by atoms with Gasteiger partial charge in [-0.25, -0.2) is 0 Å². The van der Waals surface area contributed by atoms with E-state index < -0.39 is 0 Å². The Morgan fingerprint density at radius 3 is 2.82 bits per heavy atom. The fourth-order valence-electron chi connectivity index (χ4n) is 2.67.